The molecule has 1 unspecified atom stereocenters. The van der Waals surface area contributed by atoms with E-state index in [0.29, 0.717) is 5.56 Å². The van der Waals surface area contributed by atoms with E-state index in [-0.39, 0.29) is 22.8 Å². The molecular weight excluding hydrogens is 426 g/mol. The van der Waals surface area contributed by atoms with Crippen molar-refractivity contribution in [1.29, 1.82) is 0 Å². The number of amides is 1. The Kier molecular flexibility index (Phi) is 6.57. The third-order valence-electron chi connectivity index (χ3n) is 7.09. The molecule has 4 rings (SSSR count). The number of aryl methyl sites for hydroxylation is 1. The summed E-state index contributed by atoms with van der Waals surface area (Å²) in [5.74, 6) is -0.523. The maximum atomic E-state index is 13.4. The molecule has 2 aromatic carbocycles. The number of hydrogen-bond acceptors (Lipinski definition) is 4. The standard InChI is InChI=1S/C29H35NO4/c1-18-10-9-11-19(16-18)25-24(27(32)28(33)30(25)21-12-7-6-8-13-21)26(31)20-14-15-23(34-5)22(17-20)29(2,3)4/h9-11,14-17,21,25,31H,6-8,12-13H2,1-5H3/b26-24-. The zero-order chi connectivity index (χ0) is 24.6. The van der Waals surface area contributed by atoms with Crippen molar-refractivity contribution in [2.75, 3.05) is 7.11 Å². The Labute approximate surface area is 202 Å². The van der Waals surface area contributed by atoms with E-state index in [9.17, 15) is 14.7 Å². The molecule has 0 radical (unpaired) electrons. The predicted molar refractivity (Wildman–Crippen MR) is 134 cm³/mol. The Hall–Kier alpha value is -3.08. The number of ketones is 1. The molecule has 2 aromatic rings. The molecule has 2 aliphatic rings. The lowest BCUT2D eigenvalue weighted by Gasteiger charge is -2.35. The van der Waals surface area contributed by atoms with E-state index in [2.05, 4.69) is 20.8 Å². The number of aliphatic hydroxyl groups is 1. The monoisotopic (exact) mass is 461 g/mol. The van der Waals surface area contributed by atoms with Crippen molar-refractivity contribution in [3.63, 3.8) is 0 Å². The lowest BCUT2D eigenvalue weighted by molar-refractivity contribution is -0.141. The van der Waals surface area contributed by atoms with Crippen molar-refractivity contribution in [1.82, 2.24) is 4.90 Å². The summed E-state index contributed by atoms with van der Waals surface area (Å²) in [6.07, 6.45) is 5.00. The van der Waals surface area contributed by atoms with Gasteiger partial charge < -0.3 is 14.7 Å². The number of Topliss-reactive ketones (excluding diaryl/α,β-unsaturated/α-hetero) is 1. The highest BCUT2D eigenvalue weighted by Crippen LogP contribution is 2.44. The Morgan fingerprint density at radius 3 is 2.35 bits per heavy atom. The second-order valence-electron chi connectivity index (χ2n) is 10.6. The van der Waals surface area contributed by atoms with Crippen molar-refractivity contribution in [2.24, 2.45) is 0 Å². The van der Waals surface area contributed by atoms with E-state index in [4.69, 9.17) is 4.74 Å². The second kappa shape index (κ2) is 9.28. The van der Waals surface area contributed by atoms with Crippen LogP contribution in [-0.4, -0.2) is 34.8 Å². The zero-order valence-corrected chi connectivity index (χ0v) is 20.9. The van der Waals surface area contributed by atoms with E-state index in [0.717, 1.165) is 54.5 Å². The minimum absolute atomic E-state index is 0.00187. The van der Waals surface area contributed by atoms with Crippen molar-refractivity contribution >= 4 is 17.4 Å². The maximum Gasteiger partial charge on any atom is 0.295 e. The lowest BCUT2D eigenvalue weighted by Crippen LogP contribution is -2.40. The molecular formula is C29H35NO4. The van der Waals surface area contributed by atoms with Gasteiger partial charge in [-0.05, 0) is 48.9 Å². The van der Waals surface area contributed by atoms with Gasteiger partial charge in [0.2, 0.25) is 0 Å². The second-order valence-corrected chi connectivity index (χ2v) is 10.6. The van der Waals surface area contributed by atoms with Gasteiger partial charge in [-0.2, -0.15) is 0 Å². The van der Waals surface area contributed by atoms with E-state index >= 15 is 0 Å². The van der Waals surface area contributed by atoms with Gasteiger partial charge in [-0.25, -0.2) is 0 Å². The number of nitrogens with zero attached hydrogens (tertiary/aromatic N) is 1. The van der Waals surface area contributed by atoms with Crippen molar-refractivity contribution in [3.8, 4) is 5.75 Å². The summed E-state index contributed by atoms with van der Waals surface area (Å²) in [6, 6.07) is 12.7. The van der Waals surface area contributed by atoms with Gasteiger partial charge in [-0.3, -0.25) is 9.59 Å². The molecule has 1 saturated carbocycles. The van der Waals surface area contributed by atoms with Crippen LogP contribution in [0.15, 0.2) is 48.0 Å². The van der Waals surface area contributed by atoms with Crippen LogP contribution >= 0.6 is 0 Å². The highest BCUT2D eigenvalue weighted by atomic mass is 16.5. The van der Waals surface area contributed by atoms with Gasteiger partial charge in [0.25, 0.3) is 11.7 Å². The van der Waals surface area contributed by atoms with Crippen molar-refractivity contribution in [2.45, 2.75) is 77.3 Å². The number of likely N-dealkylation sites (tertiary alicyclic amines) is 1. The molecule has 0 aromatic heterocycles. The van der Waals surface area contributed by atoms with Crippen molar-refractivity contribution in [3.05, 3.63) is 70.3 Å². The normalized spacial score (nSPS) is 21.2. The number of carbonyl (C=O) groups is 2. The molecule has 1 aliphatic carbocycles. The molecule has 5 nitrogen and oxygen atoms in total. The van der Waals surface area contributed by atoms with Crippen LogP contribution in [0.3, 0.4) is 0 Å². The number of methoxy groups -OCH3 is 1. The number of aliphatic hydroxyl groups excluding tert-OH is 1. The van der Waals surface area contributed by atoms with Crippen LogP contribution in [0.1, 0.15) is 81.2 Å². The Balaban J connectivity index is 1.90. The summed E-state index contributed by atoms with van der Waals surface area (Å²) in [6.45, 7) is 8.21. The first-order chi connectivity index (χ1) is 16.1. The van der Waals surface area contributed by atoms with Crippen LogP contribution in [0.5, 0.6) is 5.75 Å². The van der Waals surface area contributed by atoms with Crippen LogP contribution in [0.4, 0.5) is 0 Å². The molecule has 5 heteroatoms. The molecule has 1 heterocycles. The Morgan fingerprint density at radius 2 is 1.74 bits per heavy atom. The van der Waals surface area contributed by atoms with Gasteiger partial charge in [0, 0.05) is 17.2 Å². The van der Waals surface area contributed by atoms with Gasteiger partial charge in [0.15, 0.2) is 0 Å². The Bertz CT molecular complexity index is 1140. The summed E-state index contributed by atoms with van der Waals surface area (Å²) in [5.41, 5.74) is 3.29. The summed E-state index contributed by atoms with van der Waals surface area (Å²) in [7, 11) is 1.62. The maximum absolute atomic E-state index is 13.4. The molecule has 1 amide bonds. The first-order valence-corrected chi connectivity index (χ1v) is 12.2. The van der Waals surface area contributed by atoms with Gasteiger partial charge in [-0.15, -0.1) is 0 Å². The fourth-order valence-electron chi connectivity index (χ4n) is 5.35. The summed E-state index contributed by atoms with van der Waals surface area (Å²) < 4.78 is 5.54. The summed E-state index contributed by atoms with van der Waals surface area (Å²) in [5, 5.41) is 11.5. The first kappa shape index (κ1) is 24.1. The van der Waals surface area contributed by atoms with Gasteiger partial charge in [0.05, 0.1) is 18.7 Å². The number of hydrogen-bond donors (Lipinski definition) is 1. The summed E-state index contributed by atoms with van der Waals surface area (Å²) in [4.78, 5) is 28.5. The fraction of sp³-hybridized carbons (Fsp3) is 0.448. The molecule has 1 saturated heterocycles. The highest BCUT2D eigenvalue weighted by Gasteiger charge is 2.49. The zero-order valence-electron chi connectivity index (χ0n) is 20.9. The van der Waals surface area contributed by atoms with Crippen LogP contribution in [0, 0.1) is 6.92 Å². The molecule has 1 aliphatic heterocycles. The van der Waals surface area contributed by atoms with Crippen molar-refractivity contribution < 1.29 is 19.4 Å². The molecule has 34 heavy (non-hydrogen) atoms. The number of carbonyl (C=O) groups excluding carboxylic acids is 2. The van der Waals surface area contributed by atoms with Crippen LogP contribution in [0.25, 0.3) is 5.76 Å². The quantitative estimate of drug-likeness (QED) is 0.342. The number of rotatable bonds is 4. The number of benzene rings is 2. The third-order valence-corrected chi connectivity index (χ3v) is 7.09. The topological polar surface area (TPSA) is 66.8 Å². The van der Waals surface area contributed by atoms with Gasteiger partial charge in [-0.1, -0.05) is 69.9 Å². The average molecular weight is 462 g/mol. The number of ether oxygens (including phenoxy) is 1. The molecule has 1 N–H and O–H groups in total. The van der Waals surface area contributed by atoms with Crippen LogP contribution < -0.4 is 4.74 Å². The van der Waals surface area contributed by atoms with E-state index < -0.39 is 17.7 Å². The molecule has 2 fully saturated rings. The SMILES string of the molecule is COc1ccc(/C(O)=C2/C(=O)C(=O)N(C3CCCCC3)C2c2cccc(C)c2)cc1C(C)(C)C. The largest absolute Gasteiger partial charge is 0.507 e. The molecule has 180 valence electrons. The molecule has 0 bridgehead atoms. The minimum atomic E-state index is -0.609. The van der Waals surface area contributed by atoms with E-state index in [1.807, 2.05) is 43.3 Å². The predicted octanol–water partition coefficient (Wildman–Crippen LogP) is 6.06. The first-order valence-electron chi connectivity index (χ1n) is 12.2. The van der Waals surface area contributed by atoms with Gasteiger partial charge in [0.1, 0.15) is 11.5 Å². The van der Waals surface area contributed by atoms with E-state index in [1.165, 1.54) is 0 Å². The smallest absolute Gasteiger partial charge is 0.295 e. The average Bonchev–Trinajstić information content (AvgIpc) is 3.08. The highest BCUT2D eigenvalue weighted by molar-refractivity contribution is 6.46. The third kappa shape index (κ3) is 4.36. The van der Waals surface area contributed by atoms with Gasteiger partial charge >= 0.3 is 0 Å². The van der Waals surface area contributed by atoms with Crippen LogP contribution in [-0.2, 0) is 15.0 Å². The fourth-order valence-corrected chi connectivity index (χ4v) is 5.35. The molecule has 0 spiro atoms. The summed E-state index contributed by atoms with van der Waals surface area (Å²) >= 11 is 0. The molecule has 1 atom stereocenters. The van der Waals surface area contributed by atoms with Crippen LogP contribution in [0.2, 0.25) is 0 Å². The van der Waals surface area contributed by atoms with E-state index in [1.54, 1.807) is 18.1 Å². The minimum Gasteiger partial charge on any atom is -0.507 e. The lowest BCUT2D eigenvalue weighted by atomic mass is 9.84. The Morgan fingerprint density at radius 1 is 1.03 bits per heavy atom.